The molecule has 0 aliphatic heterocycles. The van der Waals surface area contributed by atoms with Gasteiger partial charge in [0.1, 0.15) is 0 Å². The lowest BCUT2D eigenvalue weighted by molar-refractivity contribution is 0.0950. The van der Waals surface area contributed by atoms with Crippen molar-refractivity contribution in [2.24, 2.45) is 5.73 Å². The fraction of sp³-hybridized carbons (Fsp3) is 0.200. The average Bonchev–Trinajstić information content (AvgIpc) is 3.34. The third-order valence-corrected chi connectivity index (χ3v) is 6.02. The molecule has 2 heterocycles. The highest BCUT2D eigenvalue weighted by atomic mass is 16.5. The zero-order valence-corrected chi connectivity index (χ0v) is 18.7. The minimum Gasteiger partial charge on any atom is -0.492 e. The van der Waals surface area contributed by atoms with Crippen LogP contribution in [0.2, 0.25) is 0 Å². The molecular formula is C25H25N5O3. The van der Waals surface area contributed by atoms with E-state index in [1.807, 2.05) is 43.3 Å². The van der Waals surface area contributed by atoms with Gasteiger partial charge < -0.3 is 30.7 Å². The van der Waals surface area contributed by atoms with Crippen LogP contribution in [0.4, 0.5) is 0 Å². The largest absolute Gasteiger partial charge is 0.492 e. The molecule has 0 bridgehead atoms. The first kappa shape index (κ1) is 20.8. The molecule has 5 N–H and O–H groups in total. The monoisotopic (exact) mass is 443 g/mol. The van der Waals surface area contributed by atoms with Gasteiger partial charge in [0.15, 0.2) is 5.75 Å². The number of primary amides is 1. The first-order valence-electron chi connectivity index (χ1n) is 10.7. The van der Waals surface area contributed by atoms with Crippen molar-refractivity contribution in [1.29, 1.82) is 0 Å². The second kappa shape index (κ2) is 7.83. The molecule has 33 heavy (non-hydrogen) atoms. The molecule has 0 spiro atoms. The summed E-state index contributed by atoms with van der Waals surface area (Å²) in [5, 5.41) is 6.61. The molecule has 8 nitrogen and oxygen atoms in total. The van der Waals surface area contributed by atoms with Crippen LogP contribution in [0.3, 0.4) is 0 Å². The lowest BCUT2D eigenvalue weighted by Crippen LogP contribution is -2.31. The quantitative estimate of drug-likeness (QED) is 0.322. The van der Waals surface area contributed by atoms with Gasteiger partial charge in [-0.2, -0.15) is 0 Å². The van der Waals surface area contributed by atoms with Crippen molar-refractivity contribution in [3.8, 4) is 5.75 Å². The van der Waals surface area contributed by atoms with E-state index in [2.05, 4.69) is 21.4 Å². The van der Waals surface area contributed by atoms with E-state index in [0.29, 0.717) is 23.4 Å². The van der Waals surface area contributed by atoms with Gasteiger partial charge in [-0.1, -0.05) is 0 Å². The molecule has 0 saturated heterocycles. The predicted molar refractivity (Wildman–Crippen MR) is 131 cm³/mol. The number of nitrogens with one attached hydrogen (secondary N) is 3. The van der Waals surface area contributed by atoms with Gasteiger partial charge in [0, 0.05) is 56.8 Å². The number of amides is 2. The number of aromatic amines is 2. The molecular weight excluding hydrogens is 418 g/mol. The number of hydrogen-bond acceptors (Lipinski definition) is 4. The number of ether oxygens (including phenoxy) is 1. The van der Waals surface area contributed by atoms with Crippen molar-refractivity contribution >= 4 is 55.4 Å². The number of carbonyl (C=O) groups is 2. The molecule has 3 aromatic carbocycles. The molecule has 0 atom stereocenters. The number of benzene rings is 3. The summed E-state index contributed by atoms with van der Waals surface area (Å²) in [6, 6.07) is 13.0. The fourth-order valence-corrected chi connectivity index (χ4v) is 4.35. The number of H-pyrrole nitrogens is 2. The van der Waals surface area contributed by atoms with Crippen molar-refractivity contribution in [2.45, 2.75) is 0 Å². The third-order valence-electron chi connectivity index (χ3n) is 6.02. The highest BCUT2D eigenvalue weighted by molar-refractivity contribution is 6.21. The van der Waals surface area contributed by atoms with Gasteiger partial charge >= 0.3 is 0 Å². The van der Waals surface area contributed by atoms with Crippen LogP contribution in [-0.4, -0.2) is 61.0 Å². The minimum absolute atomic E-state index is 0.112. The molecule has 8 heteroatoms. The molecule has 0 radical (unpaired) electrons. The second-order valence-electron chi connectivity index (χ2n) is 8.45. The molecule has 0 saturated carbocycles. The summed E-state index contributed by atoms with van der Waals surface area (Å²) in [6.07, 6.45) is 0. The number of aromatic nitrogens is 2. The van der Waals surface area contributed by atoms with Gasteiger partial charge in [0.05, 0.1) is 18.1 Å². The van der Waals surface area contributed by atoms with Crippen LogP contribution >= 0.6 is 0 Å². The molecule has 2 amide bonds. The van der Waals surface area contributed by atoms with Crippen molar-refractivity contribution in [3.05, 3.63) is 53.6 Å². The van der Waals surface area contributed by atoms with E-state index in [0.717, 1.165) is 50.2 Å². The van der Waals surface area contributed by atoms with E-state index >= 15 is 0 Å². The summed E-state index contributed by atoms with van der Waals surface area (Å²) in [4.78, 5) is 33.3. The first-order chi connectivity index (χ1) is 15.9. The van der Waals surface area contributed by atoms with E-state index in [1.54, 1.807) is 19.2 Å². The van der Waals surface area contributed by atoms with Crippen molar-refractivity contribution in [1.82, 2.24) is 20.2 Å². The Morgan fingerprint density at radius 3 is 2.03 bits per heavy atom. The number of rotatable bonds is 6. The number of methoxy groups -OCH3 is 1. The van der Waals surface area contributed by atoms with Gasteiger partial charge in [-0.05, 0) is 56.6 Å². The van der Waals surface area contributed by atoms with Gasteiger partial charge in [-0.3, -0.25) is 9.59 Å². The maximum Gasteiger partial charge on any atom is 0.251 e. The lowest BCUT2D eigenvalue weighted by atomic mass is 10.0. The van der Waals surface area contributed by atoms with Crippen LogP contribution in [0, 0.1) is 0 Å². The van der Waals surface area contributed by atoms with E-state index in [4.69, 9.17) is 10.5 Å². The SMILES string of the molecule is COc1c2[nH]c3ccc(C(N)=O)cc3c2cc2c1[nH]c1ccc(C(=O)NCCN(C)C)cc12. The smallest absolute Gasteiger partial charge is 0.251 e. The maximum atomic E-state index is 12.7. The Bertz CT molecular complexity index is 1560. The molecule has 0 unspecified atom stereocenters. The molecule has 0 fully saturated rings. The third kappa shape index (κ3) is 3.44. The Labute approximate surface area is 189 Å². The molecule has 168 valence electrons. The average molecular weight is 444 g/mol. The molecule has 5 aromatic rings. The van der Waals surface area contributed by atoms with E-state index in [-0.39, 0.29) is 5.91 Å². The number of fused-ring (bicyclic) bond motifs is 6. The molecule has 0 aliphatic rings. The Hall–Kier alpha value is -4.04. The normalized spacial score (nSPS) is 11.8. The highest BCUT2D eigenvalue weighted by Gasteiger charge is 2.18. The van der Waals surface area contributed by atoms with E-state index in [1.165, 1.54) is 0 Å². The highest BCUT2D eigenvalue weighted by Crippen LogP contribution is 2.41. The van der Waals surface area contributed by atoms with Gasteiger partial charge in [0.25, 0.3) is 5.91 Å². The van der Waals surface area contributed by atoms with Crippen LogP contribution in [0.1, 0.15) is 20.7 Å². The van der Waals surface area contributed by atoms with Gasteiger partial charge in [-0.15, -0.1) is 0 Å². The Kier molecular flexibility index (Phi) is 4.94. The summed E-state index contributed by atoms with van der Waals surface area (Å²) in [5.74, 6) is 0.0863. The summed E-state index contributed by atoms with van der Waals surface area (Å²) in [7, 11) is 5.56. The van der Waals surface area contributed by atoms with Crippen LogP contribution in [0.5, 0.6) is 5.75 Å². The first-order valence-corrected chi connectivity index (χ1v) is 10.7. The van der Waals surface area contributed by atoms with E-state index < -0.39 is 5.91 Å². The van der Waals surface area contributed by atoms with Crippen molar-refractivity contribution in [2.75, 3.05) is 34.3 Å². The summed E-state index contributed by atoms with van der Waals surface area (Å²) < 4.78 is 5.79. The molecule has 5 rings (SSSR count). The Balaban J connectivity index is 1.70. The lowest BCUT2D eigenvalue weighted by Gasteiger charge is -2.10. The maximum absolute atomic E-state index is 12.7. The number of likely N-dealkylation sites (N-methyl/N-ethyl adjacent to an activating group) is 1. The topological polar surface area (TPSA) is 116 Å². The zero-order chi connectivity index (χ0) is 23.3. The number of nitrogens with zero attached hydrogens (tertiary/aromatic N) is 1. The zero-order valence-electron chi connectivity index (χ0n) is 18.7. The Morgan fingerprint density at radius 1 is 0.909 bits per heavy atom. The van der Waals surface area contributed by atoms with E-state index in [9.17, 15) is 9.59 Å². The van der Waals surface area contributed by atoms with Crippen molar-refractivity contribution in [3.63, 3.8) is 0 Å². The van der Waals surface area contributed by atoms with Crippen LogP contribution in [-0.2, 0) is 0 Å². The summed E-state index contributed by atoms with van der Waals surface area (Å²) in [5.41, 5.74) is 9.99. The number of nitrogens with two attached hydrogens (primary N) is 1. The number of hydrogen-bond donors (Lipinski definition) is 4. The van der Waals surface area contributed by atoms with Crippen LogP contribution in [0.15, 0.2) is 42.5 Å². The van der Waals surface area contributed by atoms with Crippen molar-refractivity contribution < 1.29 is 14.3 Å². The fourth-order valence-electron chi connectivity index (χ4n) is 4.35. The van der Waals surface area contributed by atoms with Crippen LogP contribution in [0.25, 0.3) is 43.6 Å². The predicted octanol–water partition coefficient (Wildman–Crippen LogP) is 3.35. The second-order valence-corrected chi connectivity index (χ2v) is 8.45. The summed E-state index contributed by atoms with van der Waals surface area (Å²) >= 11 is 0. The number of carbonyl (C=O) groups excluding carboxylic acids is 2. The standard InChI is InChI=1S/C25H25N5O3/c1-30(2)9-8-27-25(32)14-5-7-20-16(11-14)18-12-17-15-10-13(24(26)31)4-6-19(15)28-21(17)23(33-3)22(18)29-20/h4-7,10-12,28-29H,8-9H2,1-3H3,(H2,26,31)(H,27,32). The minimum atomic E-state index is -0.476. The molecule has 0 aliphatic carbocycles. The van der Waals surface area contributed by atoms with Crippen LogP contribution < -0.4 is 15.8 Å². The van der Waals surface area contributed by atoms with Gasteiger partial charge in [-0.25, -0.2) is 0 Å². The molecule has 2 aromatic heterocycles. The Morgan fingerprint density at radius 2 is 1.48 bits per heavy atom. The van der Waals surface area contributed by atoms with Gasteiger partial charge in [0.2, 0.25) is 5.91 Å². The summed E-state index contributed by atoms with van der Waals surface area (Å²) in [6.45, 7) is 1.34.